The molecular weight excluding hydrogens is 267 g/mol. The van der Waals surface area contributed by atoms with E-state index in [-0.39, 0.29) is 34.3 Å². The van der Waals surface area contributed by atoms with Gasteiger partial charge in [0.2, 0.25) is 5.91 Å². The van der Waals surface area contributed by atoms with E-state index in [2.05, 4.69) is 5.32 Å². The number of halogens is 2. The number of nitrogens with one attached hydrogen (secondary N) is 1. The van der Waals surface area contributed by atoms with Crippen molar-refractivity contribution in [1.82, 2.24) is 0 Å². The number of benzene rings is 1. The summed E-state index contributed by atoms with van der Waals surface area (Å²) in [5.74, 6) is -1.63. The molecule has 0 heterocycles. The molecule has 0 aliphatic carbocycles. The Hall–Kier alpha value is -1.30. The minimum atomic E-state index is -1.22. The van der Waals surface area contributed by atoms with E-state index in [1.807, 2.05) is 0 Å². The lowest BCUT2D eigenvalue weighted by Crippen LogP contribution is -2.18. The minimum absolute atomic E-state index is 0.0296. The highest BCUT2D eigenvalue weighted by molar-refractivity contribution is 6.37. The lowest BCUT2D eigenvalue weighted by atomic mass is 10.1. The zero-order valence-corrected chi connectivity index (χ0v) is 10.2. The van der Waals surface area contributed by atoms with E-state index in [4.69, 9.17) is 34.0 Å². The lowest BCUT2D eigenvalue weighted by molar-refractivity contribution is -0.116. The highest BCUT2D eigenvalue weighted by Gasteiger charge is 2.16. The molecule has 0 saturated carbocycles. The van der Waals surface area contributed by atoms with Crippen LogP contribution < -0.4 is 11.1 Å². The summed E-state index contributed by atoms with van der Waals surface area (Å²) in [6.45, 7) is 0.166. The maximum atomic E-state index is 11.3. The molecule has 0 radical (unpaired) electrons. The third-order valence-corrected chi connectivity index (χ3v) is 2.44. The number of carboxylic acid groups (broad SMARTS) is 1. The van der Waals surface area contributed by atoms with Crippen LogP contribution in [0.3, 0.4) is 0 Å². The highest BCUT2D eigenvalue weighted by atomic mass is 35.5. The maximum absolute atomic E-state index is 11.3. The number of carbonyl (C=O) groups is 2. The number of carbonyl (C=O) groups excluding carboxylic acids is 1. The van der Waals surface area contributed by atoms with Crippen LogP contribution in [0.5, 0.6) is 0 Å². The van der Waals surface area contributed by atoms with Crippen LogP contribution in [0.25, 0.3) is 0 Å². The van der Waals surface area contributed by atoms with Gasteiger partial charge in [-0.1, -0.05) is 23.2 Å². The number of anilines is 1. The fourth-order valence-corrected chi connectivity index (χ4v) is 1.74. The Balaban J connectivity index is 3.12. The fraction of sp³-hybridized carbons (Fsp3) is 0.200. The molecule has 1 aromatic carbocycles. The second-order valence-electron chi connectivity index (χ2n) is 3.20. The van der Waals surface area contributed by atoms with Gasteiger partial charge in [-0.15, -0.1) is 0 Å². The lowest BCUT2D eigenvalue weighted by Gasteiger charge is -2.10. The molecular formula is C10H10Cl2N2O3. The Bertz CT molecular complexity index is 463. The summed E-state index contributed by atoms with van der Waals surface area (Å²) in [5.41, 5.74) is 5.08. The molecule has 0 aliphatic heterocycles. The smallest absolute Gasteiger partial charge is 0.337 e. The fourth-order valence-electron chi connectivity index (χ4n) is 1.20. The Labute approximate surface area is 108 Å². The Morgan fingerprint density at radius 1 is 1.35 bits per heavy atom. The molecule has 92 valence electrons. The van der Waals surface area contributed by atoms with Crippen LogP contribution in [0.1, 0.15) is 16.8 Å². The van der Waals surface area contributed by atoms with Gasteiger partial charge >= 0.3 is 5.97 Å². The average molecular weight is 277 g/mol. The van der Waals surface area contributed by atoms with Gasteiger partial charge in [-0.2, -0.15) is 0 Å². The molecule has 17 heavy (non-hydrogen) atoms. The van der Waals surface area contributed by atoms with Crippen molar-refractivity contribution in [3.8, 4) is 0 Å². The number of amides is 1. The summed E-state index contributed by atoms with van der Waals surface area (Å²) in [6.07, 6.45) is 0.0814. The van der Waals surface area contributed by atoms with Crippen LogP contribution in [0.15, 0.2) is 12.1 Å². The van der Waals surface area contributed by atoms with Gasteiger partial charge in [0.25, 0.3) is 0 Å². The summed E-state index contributed by atoms with van der Waals surface area (Å²) in [7, 11) is 0. The van der Waals surface area contributed by atoms with Crippen LogP contribution in [0, 0.1) is 0 Å². The van der Waals surface area contributed by atoms with E-state index < -0.39 is 11.9 Å². The van der Waals surface area contributed by atoms with Gasteiger partial charge < -0.3 is 16.2 Å². The molecule has 1 aromatic rings. The van der Waals surface area contributed by atoms with E-state index in [1.54, 1.807) is 0 Å². The van der Waals surface area contributed by atoms with Crippen LogP contribution in [-0.2, 0) is 4.79 Å². The molecule has 0 spiro atoms. The molecule has 4 N–H and O–H groups in total. The van der Waals surface area contributed by atoms with E-state index >= 15 is 0 Å². The molecule has 0 fully saturated rings. The van der Waals surface area contributed by atoms with Crippen molar-refractivity contribution in [2.75, 3.05) is 11.9 Å². The molecule has 0 saturated heterocycles. The largest absolute Gasteiger partial charge is 0.478 e. The SMILES string of the molecule is NCCC(=O)Nc1c(Cl)cc(Cl)cc1C(=O)O. The minimum Gasteiger partial charge on any atom is -0.478 e. The van der Waals surface area contributed by atoms with E-state index in [1.165, 1.54) is 12.1 Å². The Kier molecular flexibility index (Phi) is 4.74. The van der Waals surface area contributed by atoms with Crippen molar-refractivity contribution in [3.05, 3.63) is 27.7 Å². The van der Waals surface area contributed by atoms with Gasteiger partial charge in [0, 0.05) is 18.0 Å². The molecule has 1 amide bonds. The molecule has 0 aliphatic rings. The molecule has 5 nitrogen and oxygen atoms in total. The molecule has 7 heteroatoms. The monoisotopic (exact) mass is 276 g/mol. The quantitative estimate of drug-likeness (QED) is 0.784. The van der Waals surface area contributed by atoms with Crippen LogP contribution in [-0.4, -0.2) is 23.5 Å². The van der Waals surface area contributed by atoms with Crippen molar-refractivity contribution in [2.45, 2.75) is 6.42 Å². The third kappa shape index (κ3) is 3.59. The highest BCUT2D eigenvalue weighted by Crippen LogP contribution is 2.30. The van der Waals surface area contributed by atoms with Gasteiger partial charge in [-0.25, -0.2) is 4.79 Å². The van der Waals surface area contributed by atoms with Crippen molar-refractivity contribution in [2.24, 2.45) is 5.73 Å². The normalized spacial score (nSPS) is 10.1. The molecule has 0 aromatic heterocycles. The van der Waals surface area contributed by atoms with Crippen molar-refractivity contribution >= 4 is 40.8 Å². The van der Waals surface area contributed by atoms with Crippen LogP contribution >= 0.6 is 23.2 Å². The van der Waals surface area contributed by atoms with Crippen LogP contribution in [0.2, 0.25) is 10.0 Å². The topological polar surface area (TPSA) is 92.4 Å². The number of carboxylic acids is 1. The zero-order chi connectivity index (χ0) is 13.0. The van der Waals surface area contributed by atoms with Gasteiger partial charge in [-0.3, -0.25) is 4.79 Å². The summed E-state index contributed by atoms with van der Waals surface area (Å²) < 4.78 is 0. The number of hydrogen-bond donors (Lipinski definition) is 3. The van der Waals surface area contributed by atoms with Crippen molar-refractivity contribution < 1.29 is 14.7 Å². The zero-order valence-electron chi connectivity index (χ0n) is 8.67. The predicted octanol–water partition coefficient (Wildman–Crippen LogP) is 1.98. The van der Waals surface area contributed by atoms with Gasteiger partial charge in [0.05, 0.1) is 16.3 Å². The third-order valence-electron chi connectivity index (χ3n) is 1.92. The first-order chi connectivity index (χ1) is 7.95. The first-order valence-electron chi connectivity index (χ1n) is 4.68. The summed E-state index contributed by atoms with van der Waals surface area (Å²) in [4.78, 5) is 22.3. The van der Waals surface area contributed by atoms with Gasteiger partial charge in [0.15, 0.2) is 0 Å². The van der Waals surface area contributed by atoms with Crippen molar-refractivity contribution in [3.63, 3.8) is 0 Å². The summed E-state index contributed by atoms with van der Waals surface area (Å²) in [6, 6.07) is 2.57. The number of hydrogen-bond acceptors (Lipinski definition) is 3. The average Bonchev–Trinajstić information content (AvgIpc) is 2.21. The standard InChI is InChI=1S/C10H10Cl2N2O3/c11-5-3-6(10(16)17)9(7(12)4-5)14-8(15)1-2-13/h3-4H,1-2,13H2,(H,14,15)(H,16,17). The molecule has 0 bridgehead atoms. The second-order valence-corrected chi connectivity index (χ2v) is 4.05. The van der Waals surface area contributed by atoms with E-state index in [9.17, 15) is 9.59 Å². The second kappa shape index (κ2) is 5.86. The molecule has 0 atom stereocenters. The first kappa shape index (κ1) is 13.8. The Morgan fingerprint density at radius 3 is 2.53 bits per heavy atom. The number of nitrogens with two attached hydrogens (primary N) is 1. The molecule has 1 rings (SSSR count). The number of aromatic carboxylic acids is 1. The molecule has 0 unspecified atom stereocenters. The van der Waals surface area contributed by atoms with Gasteiger partial charge in [0.1, 0.15) is 0 Å². The predicted molar refractivity (Wildman–Crippen MR) is 65.7 cm³/mol. The van der Waals surface area contributed by atoms with Crippen LogP contribution in [0.4, 0.5) is 5.69 Å². The van der Waals surface area contributed by atoms with Crippen molar-refractivity contribution in [1.29, 1.82) is 0 Å². The van der Waals surface area contributed by atoms with E-state index in [0.29, 0.717) is 0 Å². The first-order valence-corrected chi connectivity index (χ1v) is 5.43. The maximum Gasteiger partial charge on any atom is 0.337 e. The summed E-state index contributed by atoms with van der Waals surface area (Å²) >= 11 is 11.5. The van der Waals surface area contributed by atoms with E-state index in [0.717, 1.165) is 0 Å². The number of rotatable bonds is 4. The Morgan fingerprint density at radius 2 is 2.00 bits per heavy atom. The van der Waals surface area contributed by atoms with Gasteiger partial charge in [-0.05, 0) is 12.1 Å². The summed E-state index contributed by atoms with van der Waals surface area (Å²) in [5, 5.41) is 11.6.